The van der Waals surface area contributed by atoms with E-state index in [1.807, 2.05) is 18.4 Å². The molecule has 0 aromatic carbocycles. The monoisotopic (exact) mass is 362 g/mol. The van der Waals surface area contributed by atoms with Gasteiger partial charge in [-0.3, -0.25) is 4.57 Å². The molecule has 0 saturated carbocycles. The molecular formula is C17H26N6O3. The van der Waals surface area contributed by atoms with Crippen molar-refractivity contribution in [3.05, 3.63) is 12.7 Å². The third kappa shape index (κ3) is 3.05. The summed E-state index contributed by atoms with van der Waals surface area (Å²) in [6, 6.07) is 0. The van der Waals surface area contributed by atoms with E-state index in [0.717, 1.165) is 19.4 Å². The smallest absolute Gasteiger partial charge is 0.167 e. The molecular weight excluding hydrogens is 336 g/mol. The lowest BCUT2D eigenvalue weighted by Crippen LogP contribution is -2.37. The number of unbranched alkanes of at least 4 members (excludes halogenated alkanes) is 1. The van der Waals surface area contributed by atoms with Gasteiger partial charge in [-0.1, -0.05) is 13.3 Å². The van der Waals surface area contributed by atoms with Crippen LogP contribution in [0.1, 0.15) is 39.8 Å². The molecule has 0 bridgehead atoms. The van der Waals surface area contributed by atoms with E-state index in [9.17, 15) is 0 Å². The van der Waals surface area contributed by atoms with Crippen molar-refractivity contribution in [2.24, 2.45) is 0 Å². The van der Waals surface area contributed by atoms with Crippen LogP contribution in [0.25, 0.3) is 11.2 Å². The summed E-state index contributed by atoms with van der Waals surface area (Å²) in [5.74, 6) is -0.298. The number of imidazole rings is 1. The summed E-state index contributed by atoms with van der Waals surface area (Å²) in [5, 5.41) is 3.45. The van der Waals surface area contributed by atoms with Gasteiger partial charge in [-0.2, -0.15) is 0 Å². The van der Waals surface area contributed by atoms with Gasteiger partial charge in [-0.25, -0.2) is 15.0 Å². The maximum Gasteiger partial charge on any atom is 0.167 e. The Morgan fingerprint density at radius 1 is 1.23 bits per heavy atom. The van der Waals surface area contributed by atoms with E-state index in [1.54, 1.807) is 6.33 Å². The number of rotatable bonds is 6. The van der Waals surface area contributed by atoms with E-state index in [1.165, 1.54) is 6.33 Å². The minimum absolute atomic E-state index is 0.111. The van der Waals surface area contributed by atoms with Crippen LogP contribution < -0.4 is 11.1 Å². The fourth-order valence-electron chi connectivity index (χ4n) is 3.65. The zero-order valence-electron chi connectivity index (χ0n) is 15.4. The van der Waals surface area contributed by atoms with Crippen molar-refractivity contribution in [1.82, 2.24) is 24.8 Å². The topological polar surface area (TPSA) is 109 Å². The first-order valence-electron chi connectivity index (χ1n) is 9.15. The average Bonchev–Trinajstić information content (AvgIpc) is 3.24. The summed E-state index contributed by atoms with van der Waals surface area (Å²) in [5.41, 5.74) is 7.10. The van der Waals surface area contributed by atoms with Crippen LogP contribution in [-0.4, -0.2) is 56.7 Å². The summed E-state index contributed by atoms with van der Waals surface area (Å²) in [4.78, 5) is 12.7. The molecule has 0 radical (unpaired) electrons. The molecule has 0 spiro atoms. The molecule has 142 valence electrons. The third-order valence-electron chi connectivity index (χ3n) is 4.84. The molecule has 2 saturated heterocycles. The molecule has 9 heteroatoms. The fourth-order valence-corrected chi connectivity index (χ4v) is 3.65. The first kappa shape index (κ1) is 17.6. The highest BCUT2D eigenvalue weighted by molar-refractivity contribution is 5.81. The maximum absolute atomic E-state index is 6.30. The molecule has 4 rings (SSSR count). The van der Waals surface area contributed by atoms with Gasteiger partial charge in [-0.15, -0.1) is 0 Å². The number of nitrogens with one attached hydrogen (secondary N) is 1. The van der Waals surface area contributed by atoms with Gasteiger partial charge in [0, 0.05) is 6.54 Å². The highest BCUT2D eigenvalue weighted by Crippen LogP contribution is 2.43. The summed E-state index contributed by atoms with van der Waals surface area (Å²) >= 11 is 0. The van der Waals surface area contributed by atoms with E-state index in [-0.39, 0.29) is 24.5 Å². The quantitative estimate of drug-likeness (QED) is 0.738. The zero-order valence-corrected chi connectivity index (χ0v) is 15.4. The molecule has 0 aliphatic carbocycles. The number of hydrogen-bond donors (Lipinski definition) is 2. The molecule has 3 N–H and O–H groups in total. The summed E-state index contributed by atoms with van der Waals surface area (Å²) in [6.07, 6.45) is 4.52. The number of ether oxygens (including phenoxy) is 3. The van der Waals surface area contributed by atoms with Crippen molar-refractivity contribution < 1.29 is 14.2 Å². The van der Waals surface area contributed by atoms with Crippen molar-refractivity contribution in [2.75, 3.05) is 18.8 Å². The van der Waals surface area contributed by atoms with Gasteiger partial charge >= 0.3 is 0 Å². The van der Waals surface area contributed by atoms with Gasteiger partial charge in [0.05, 0.1) is 6.33 Å². The van der Waals surface area contributed by atoms with Gasteiger partial charge in [0.2, 0.25) is 0 Å². The van der Waals surface area contributed by atoms with Gasteiger partial charge in [-0.05, 0) is 26.8 Å². The standard InChI is InChI=1S/C17H26N6O3/c1-4-5-6-19-7-10-12-13(26-17(2,3)25-12)16(24-10)23-9-22-11-14(18)20-8-21-15(11)23/h8-10,12-13,16,19H,4-7H2,1-3H3,(H2,18,20,21)/t10-,12-,13-,16-/m1/s1. The molecule has 2 aromatic rings. The summed E-state index contributed by atoms with van der Waals surface area (Å²) < 4.78 is 20.4. The summed E-state index contributed by atoms with van der Waals surface area (Å²) in [7, 11) is 0. The number of nitrogen functional groups attached to an aromatic ring is 1. The van der Waals surface area contributed by atoms with Gasteiger partial charge < -0.3 is 25.3 Å². The van der Waals surface area contributed by atoms with E-state index in [4.69, 9.17) is 19.9 Å². The van der Waals surface area contributed by atoms with E-state index in [2.05, 4.69) is 27.2 Å². The molecule has 2 aliphatic heterocycles. The first-order chi connectivity index (χ1) is 12.5. The molecule has 4 atom stereocenters. The number of hydrogen-bond acceptors (Lipinski definition) is 8. The Morgan fingerprint density at radius 3 is 2.85 bits per heavy atom. The molecule has 2 fully saturated rings. The number of fused-ring (bicyclic) bond motifs is 2. The van der Waals surface area contributed by atoms with Gasteiger partial charge in [0.1, 0.15) is 30.2 Å². The lowest BCUT2D eigenvalue weighted by molar-refractivity contribution is -0.195. The van der Waals surface area contributed by atoms with Crippen LogP contribution in [0.2, 0.25) is 0 Å². The minimum Gasteiger partial charge on any atom is -0.382 e. The predicted octanol–water partition coefficient (Wildman–Crippen LogP) is 1.22. The van der Waals surface area contributed by atoms with Crippen molar-refractivity contribution in [2.45, 2.75) is 63.9 Å². The first-order valence-corrected chi connectivity index (χ1v) is 9.15. The van der Waals surface area contributed by atoms with Crippen molar-refractivity contribution in [3.8, 4) is 0 Å². The molecule has 4 heterocycles. The van der Waals surface area contributed by atoms with Crippen molar-refractivity contribution in [1.29, 1.82) is 0 Å². The second kappa shape index (κ2) is 6.73. The Balaban J connectivity index is 1.60. The van der Waals surface area contributed by atoms with Crippen molar-refractivity contribution >= 4 is 17.0 Å². The molecule has 0 amide bonds. The van der Waals surface area contributed by atoms with E-state index >= 15 is 0 Å². The molecule has 9 nitrogen and oxygen atoms in total. The largest absolute Gasteiger partial charge is 0.382 e. The number of nitrogens with two attached hydrogens (primary N) is 1. The highest BCUT2D eigenvalue weighted by Gasteiger charge is 2.55. The Bertz CT molecular complexity index is 779. The molecule has 0 unspecified atom stereocenters. The van der Waals surface area contributed by atoms with Crippen LogP contribution >= 0.6 is 0 Å². The second-order valence-corrected chi connectivity index (χ2v) is 7.27. The molecule has 2 aromatic heterocycles. The normalized spacial score (nSPS) is 30.1. The Morgan fingerprint density at radius 2 is 2.04 bits per heavy atom. The lowest BCUT2D eigenvalue weighted by Gasteiger charge is -2.25. The van der Waals surface area contributed by atoms with Crippen molar-refractivity contribution in [3.63, 3.8) is 0 Å². The van der Waals surface area contributed by atoms with Crippen LogP contribution in [0.15, 0.2) is 12.7 Å². The van der Waals surface area contributed by atoms with E-state index < -0.39 is 5.79 Å². The zero-order chi connectivity index (χ0) is 18.3. The van der Waals surface area contributed by atoms with Crippen LogP contribution in [0.5, 0.6) is 0 Å². The van der Waals surface area contributed by atoms with Gasteiger partial charge in [0.15, 0.2) is 23.5 Å². The SMILES string of the molecule is CCCCNC[C@H]1O[C@@H](n2cnc3c(N)ncnc32)[C@@H]2OC(C)(C)O[C@@H]21. The summed E-state index contributed by atoms with van der Waals surface area (Å²) in [6.45, 7) is 7.70. The number of aromatic nitrogens is 4. The molecule has 26 heavy (non-hydrogen) atoms. The van der Waals surface area contributed by atoms with Crippen LogP contribution in [0.4, 0.5) is 5.82 Å². The van der Waals surface area contributed by atoms with Crippen LogP contribution in [-0.2, 0) is 14.2 Å². The fraction of sp³-hybridized carbons (Fsp3) is 0.706. The third-order valence-corrected chi connectivity index (χ3v) is 4.84. The van der Waals surface area contributed by atoms with Crippen LogP contribution in [0.3, 0.4) is 0 Å². The number of anilines is 1. The maximum atomic E-state index is 6.30. The predicted molar refractivity (Wildman–Crippen MR) is 95.2 cm³/mol. The number of nitrogens with zero attached hydrogens (tertiary/aromatic N) is 4. The minimum atomic E-state index is -0.649. The second-order valence-electron chi connectivity index (χ2n) is 7.27. The van der Waals surface area contributed by atoms with Gasteiger partial charge in [0.25, 0.3) is 0 Å². The Kier molecular flexibility index (Phi) is 4.55. The van der Waals surface area contributed by atoms with Crippen LogP contribution in [0, 0.1) is 0 Å². The molecule has 2 aliphatic rings. The Labute approximate surface area is 152 Å². The lowest BCUT2D eigenvalue weighted by atomic mass is 10.1. The van der Waals surface area contributed by atoms with E-state index in [0.29, 0.717) is 23.5 Å². The average molecular weight is 362 g/mol. The Hall–Kier alpha value is -1.81. The highest BCUT2D eigenvalue weighted by atomic mass is 16.8.